The normalized spacial score (nSPS) is 10.6. The van der Waals surface area contributed by atoms with Gasteiger partial charge in [0.05, 0.1) is 0 Å². The Bertz CT molecular complexity index is 463. The average Bonchev–Trinajstić information content (AvgIpc) is 2.45. The zero-order valence-corrected chi connectivity index (χ0v) is 7.92. The molecule has 0 radical (unpaired) electrons. The van der Waals surface area contributed by atoms with Crippen molar-refractivity contribution in [3.8, 4) is 0 Å². The summed E-state index contributed by atoms with van der Waals surface area (Å²) in [7, 11) is 0. The Morgan fingerprint density at radius 1 is 1.31 bits per heavy atom. The third-order valence-corrected chi connectivity index (χ3v) is 2.38. The Balaban J connectivity index is 2.91. The summed E-state index contributed by atoms with van der Waals surface area (Å²) in [6, 6.07) is 6.18. The predicted molar refractivity (Wildman–Crippen MR) is 55.8 cm³/mol. The first-order chi connectivity index (χ1) is 6.24. The minimum Gasteiger partial charge on any atom is -0.456 e. The summed E-state index contributed by atoms with van der Waals surface area (Å²) in [5.41, 5.74) is 3.33. The fourth-order valence-corrected chi connectivity index (χ4v) is 1.60. The monoisotopic (exact) mass is 172 g/mol. The van der Waals surface area contributed by atoms with E-state index in [0.29, 0.717) is 0 Å². The van der Waals surface area contributed by atoms with Gasteiger partial charge in [0.25, 0.3) is 0 Å². The fourth-order valence-electron chi connectivity index (χ4n) is 1.60. The van der Waals surface area contributed by atoms with Crippen LogP contribution < -0.4 is 0 Å². The first-order valence-electron chi connectivity index (χ1n) is 4.35. The van der Waals surface area contributed by atoms with Crippen molar-refractivity contribution in [2.45, 2.75) is 13.8 Å². The van der Waals surface area contributed by atoms with Crippen molar-refractivity contribution in [2.24, 2.45) is 0 Å². The van der Waals surface area contributed by atoms with E-state index >= 15 is 0 Å². The lowest BCUT2D eigenvalue weighted by Crippen LogP contribution is -1.72. The highest BCUT2D eigenvalue weighted by Gasteiger charge is 2.08. The van der Waals surface area contributed by atoms with E-state index in [-0.39, 0.29) is 0 Å². The Hall–Kier alpha value is -1.50. The van der Waals surface area contributed by atoms with Gasteiger partial charge in [0.1, 0.15) is 11.3 Å². The number of fused-ring (bicyclic) bond motifs is 1. The zero-order valence-electron chi connectivity index (χ0n) is 7.92. The smallest absolute Gasteiger partial charge is 0.137 e. The minimum absolute atomic E-state index is 0.879. The van der Waals surface area contributed by atoms with Crippen LogP contribution in [-0.4, -0.2) is 0 Å². The minimum atomic E-state index is 0.879. The lowest BCUT2D eigenvalue weighted by Gasteiger charge is -1.92. The SMILES string of the molecule is C=Cc1oc2c(C)cccc2c1C. The molecule has 0 aliphatic rings. The van der Waals surface area contributed by atoms with Crippen molar-refractivity contribution >= 4 is 17.0 Å². The molecule has 1 nitrogen and oxygen atoms in total. The van der Waals surface area contributed by atoms with Crippen LogP contribution in [-0.2, 0) is 0 Å². The summed E-state index contributed by atoms with van der Waals surface area (Å²) in [6.45, 7) is 7.83. The summed E-state index contributed by atoms with van der Waals surface area (Å²) in [6.07, 6.45) is 1.76. The van der Waals surface area contributed by atoms with Crippen LogP contribution in [0.15, 0.2) is 29.2 Å². The number of para-hydroxylation sites is 1. The van der Waals surface area contributed by atoms with E-state index in [9.17, 15) is 0 Å². The summed E-state index contributed by atoms with van der Waals surface area (Å²) >= 11 is 0. The van der Waals surface area contributed by atoms with Crippen molar-refractivity contribution in [1.82, 2.24) is 0 Å². The maximum Gasteiger partial charge on any atom is 0.137 e. The van der Waals surface area contributed by atoms with Gasteiger partial charge >= 0.3 is 0 Å². The Kier molecular flexibility index (Phi) is 1.73. The third kappa shape index (κ3) is 1.08. The molecule has 0 fully saturated rings. The van der Waals surface area contributed by atoms with E-state index < -0.39 is 0 Å². The summed E-state index contributed by atoms with van der Waals surface area (Å²) < 4.78 is 5.66. The molecule has 0 saturated carbocycles. The predicted octanol–water partition coefficient (Wildman–Crippen LogP) is 3.69. The van der Waals surface area contributed by atoms with Crippen molar-refractivity contribution in [1.29, 1.82) is 0 Å². The highest BCUT2D eigenvalue weighted by molar-refractivity contribution is 5.86. The van der Waals surface area contributed by atoms with Crippen LogP contribution in [0, 0.1) is 13.8 Å². The summed E-state index contributed by atoms with van der Waals surface area (Å²) in [5.74, 6) is 0.879. The van der Waals surface area contributed by atoms with E-state index in [1.807, 2.05) is 6.07 Å². The van der Waals surface area contributed by atoms with Crippen molar-refractivity contribution in [2.75, 3.05) is 0 Å². The van der Waals surface area contributed by atoms with Gasteiger partial charge in [-0.1, -0.05) is 24.8 Å². The van der Waals surface area contributed by atoms with Gasteiger partial charge < -0.3 is 4.42 Å². The van der Waals surface area contributed by atoms with Gasteiger partial charge in [-0.2, -0.15) is 0 Å². The van der Waals surface area contributed by atoms with Gasteiger partial charge in [0.15, 0.2) is 0 Å². The van der Waals surface area contributed by atoms with Crippen LogP contribution >= 0.6 is 0 Å². The molecule has 0 saturated heterocycles. The number of hydrogen-bond donors (Lipinski definition) is 0. The van der Waals surface area contributed by atoms with Crippen LogP contribution in [0.2, 0.25) is 0 Å². The molecule has 2 rings (SSSR count). The molecule has 0 atom stereocenters. The molecular formula is C12H12O. The quantitative estimate of drug-likeness (QED) is 0.639. The Morgan fingerprint density at radius 3 is 2.69 bits per heavy atom. The van der Waals surface area contributed by atoms with Crippen LogP contribution in [0.1, 0.15) is 16.9 Å². The number of furan rings is 1. The molecule has 1 aromatic heterocycles. The van der Waals surface area contributed by atoms with Gasteiger partial charge in [0, 0.05) is 10.9 Å². The highest BCUT2D eigenvalue weighted by atomic mass is 16.3. The van der Waals surface area contributed by atoms with Gasteiger partial charge in [-0.15, -0.1) is 0 Å². The van der Waals surface area contributed by atoms with E-state index in [0.717, 1.165) is 11.3 Å². The molecule has 2 aromatic rings. The molecule has 66 valence electrons. The Labute approximate surface area is 77.7 Å². The van der Waals surface area contributed by atoms with E-state index in [4.69, 9.17) is 4.42 Å². The number of benzene rings is 1. The van der Waals surface area contributed by atoms with E-state index in [1.54, 1.807) is 6.08 Å². The average molecular weight is 172 g/mol. The topological polar surface area (TPSA) is 13.1 Å². The Morgan fingerprint density at radius 2 is 2.08 bits per heavy atom. The largest absolute Gasteiger partial charge is 0.456 e. The first kappa shape index (κ1) is 8.11. The molecule has 0 aliphatic heterocycles. The molecule has 0 unspecified atom stereocenters. The van der Waals surface area contributed by atoms with Gasteiger partial charge in [0.2, 0.25) is 0 Å². The third-order valence-electron chi connectivity index (χ3n) is 2.38. The van der Waals surface area contributed by atoms with E-state index in [2.05, 4.69) is 32.6 Å². The van der Waals surface area contributed by atoms with Crippen molar-refractivity contribution in [3.05, 3.63) is 41.7 Å². The second kappa shape index (κ2) is 2.77. The molecule has 1 heterocycles. The molecule has 1 heteroatoms. The van der Waals surface area contributed by atoms with Gasteiger partial charge in [-0.3, -0.25) is 0 Å². The molecule has 0 spiro atoms. The van der Waals surface area contributed by atoms with Gasteiger partial charge in [-0.25, -0.2) is 0 Å². The fraction of sp³-hybridized carbons (Fsp3) is 0.167. The second-order valence-electron chi connectivity index (χ2n) is 3.25. The van der Waals surface area contributed by atoms with Crippen LogP contribution in [0.4, 0.5) is 0 Å². The molecule has 1 aromatic carbocycles. The maximum atomic E-state index is 5.66. The number of hydrogen-bond acceptors (Lipinski definition) is 1. The van der Waals surface area contributed by atoms with Gasteiger partial charge in [-0.05, 0) is 25.5 Å². The highest BCUT2D eigenvalue weighted by Crippen LogP contribution is 2.27. The second-order valence-corrected chi connectivity index (χ2v) is 3.25. The summed E-state index contributed by atoms with van der Waals surface area (Å²) in [4.78, 5) is 0. The first-order valence-corrected chi connectivity index (χ1v) is 4.35. The lowest BCUT2D eigenvalue weighted by atomic mass is 10.1. The van der Waals surface area contributed by atoms with Crippen LogP contribution in [0.25, 0.3) is 17.0 Å². The van der Waals surface area contributed by atoms with Crippen molar-refractivity contribution < 1.29 is 4.42 Å². The van der Waals surface area contributed by atoms with Crippen LogP contribution in [0.5, 0.6) is 0 Å². The number of rotatable bonds is 1. The summed E-state index contributed by atoms with van der Waals surface area (Å²) in [5, 5.41) is 1.19. The molecular weight excluding hydrogens is 160 g/mol. The maximum absolute atomic E-state index is 5.66. The molecule has 0 N–H and O–H groups in total. The molecule has 0 amide bonds. The molecule has 0 aliphatic carbocycles. The lowest BCUT2D eigenvalue weighted by molar-refractivity contribution is 0.599. The molecule has 0 bridgehead atoms. The van der Waals surface area contributed by atoms with Crippen LogP contribution in [0.3, 0.4) is 0 Å². The number of aryl methyl sites for hydroxylation is 2. The molecule has 13 heavy (non-hydrogen) atoms. The standard InChI is InChI=1S/C12H12O/c1-4-11-9(3)10-7-5-6-8(2)12(10)13-11/h4-7H,1H2,2-3H3. The zero-order chi connectivity index (χ0) is 9.42. The van der Waals surface area contributed by atoms with E-state index in [1.165, 1.54) is 16.5 Å². The van der Waals surface area contributed by atoms with Crippen molar-refractivity contribution in [3.63, 3.8) is 0 Å².